The topological polar surface area (TPSA) is 56.2 Å². The second kappa shape index (κ2) is 3.38. The van der Waals surface area contributed by atoms with Gasteiger partial charge in [0.1, 0.15) is 0 Å². The zero-order chi connectivity index (χ0) is 10.1. The van der Waals surface area contributed by atoms with Gasteiger partial charge in [-0.15, -0.1) is 0 Å². The number of rotatable bonds is 2. The molecule has 0 saturated carbocycles. The van der Waals surface area contributed by atoms with Gasteiger partial charge >= 0.3 is 0 Å². The maximum absolute atomic E-state index is 5.51. The van der Waals surface area contributed by atoms with Crippen molar-refractivity contribution < 1.29 is 0 Å². The smallest absolute Gasteiger partial charge is 0.158 e. The quantitative estimate of drug-likeness (QED) is 0.763. The molecule has 2 N–H and O–H groups in total. The Morgan fingerprint density at radius 2 is 2.21 bits per heavy atom. The summed E-state index contributed by atoms with van der Waals surface area (Å²) < 4.78 is 1.81. The van der Waals surface area contributed by atoms with Crippen LogP contribution in [0.1, 0.15) is 16.8 Å². The normalized spacial score (nSPS) is 11.1. The summed E-state index contributed by atoms with van der Waals surface area (Å²) in [5.41, 5.74) is 9.77. The van der Waals surface area contributed by atoms with E-state index in [2.05, 4.69) is 10.1 Å². The highest BCUT2D eigenvalue weighted by atomic mass is 15.2. The monoisotopic (exact) mass is 190 g/mol. The lowest BCUT2D eigenvalue weighted by Crippen LogP contribution is -2.03. The Hall–Kier alpha value is -1.42. The minimum atomic E-state index is 0.635. The molecule has 0 atom stereocenters. The fraction of sp³-hybridized carbons (Fsp3) is 0.400. The third-order valence-electron chi connectivity index (χ3n) is 2.42. The zero-order valence-electron chi connectivity index (χ0n) is 8.49. The van der Waals surface area contributed by atoms with Crippen molar-refractivity contribution in [2.75, 3.05) is 6.54 Å². The van der Waals surface area contributed by atoms with Crippen LogP contribution in [-0.4, -0.2) is 21.1 Å². The van der Waals surface area contributed by atoms with E-state index in [4.69, 9.17) is 5.73 Å². The molecule has 0 fully saturated rings. The van der Waals surface area contributed by atoms with Crippen LogP contribution in [-0.2, 0) is 6.42 Å². The van der Waals surface area contributed by atoms with E-state index in [1.54, 1.807) is 0 Å². The number of hydrogen-bond acceptors (Lipinski definition) is 3. The fourth-order valence-electron chi connectivity index (χ4n) is 1.46. The summed E-state index contributed by atoms with van der Waals surface area (Å²) in [5, 5.41) is 4.24. The van der Waals surface area contributed by atoms with Gasteiger partial charge in [0.15, 0.2) is 5.65 Å². The Labute approximate surface area is 82.8 Å². The molecule has 2 aromatic heterocycles. The molecule has 0 aromatic carbocycles. The van der Waals surface area contributed by atoms with Crippen LogP contribution < -0.4 is 5.73 Å². The number of fused-ring (bicyclic) bond motifs is 1. The van der Waals surface area contributed by atoms with E-state index < -0.39 is 0 Å². The minimum absolute atomic E-state index is 0.635. The van der Waals surface area contributed by atoms with E-state index in [9.17, 15) is 0 Å². The zero-order valence-corrected chi connectivity index (χ0v) is 8.49. The summed E-state index contributed by atoms with van der Waals surface area (Å²) in [6, 6.07) is 0. The van der Waals surface area contributed by atoms with Crippen LogP contribution in [0.25, 0.3) is 5.65 Å². The van der Waals surface area contributed by atoms with E-state index in [0.29, 0.717) is 6.54 Å². The molecule has 2 heterocycles. The number of nitrogens with two attached hydrogens (primary N) is 1. The van der Waals surface area contributed by atoms with Crippen molar-refractivity contribution in [2.24, 2.45) is 5.73 Å². The first-order valence-corrected chi connectivity index (χ1v) is 4.73. The Kier molecular flexibility index (Phi) is 2.21. The van der Waals surface area contributed by atoms with E-state index in [1.807, 2.05) is 30.8 Å². The molecule has 0 aliphatic rings. The van der Waals surface area contributed by atoms with Crippen LogP contribution in [0.15, 0.2) is 12.4 Å². The standard InChI is InChI=1S/C10H14N4/c1-7-6-14-10(13-8(7)2)9(3-4-11)5-12-14/h5-6H,3-4,11H2,1-2H3. The molecule has 0 radical (unpaired) electrons. The highest BCUT2D eigenvalue weighted by molar-refractivity contribution is 5.47. The summed E-state index contributed by atoms with van der Waals surface area (Å²) in [4.78, 5) is 4.50. The predicted octanol–water partition coefficient (Wildman–Crippen LogP) is 0.847. The van der Waals surface area contributed by atoms with Crippen LogP contribution in [0.5, 0.6) is 0 Å². The first-order valence-electron chi connectivity index (χ1n) is 4.73. The van der Waals surface area contributed by atoms with Crippen LogP contribution in [0.2, 0.25) is 0 Å². The molecule has 4 nitrogen and oxygen atoms in total. The number of nitrogens with zero attached hydrogens (tertiary/aromatic N) is 3. The molecule has 74 valence electrons. The number of aromatic nitrogens is 3. The summed E-state index contributed by atoms with van der Waals surface area (Å²) in [6.45, 7) is 4.68. The molecule has 2 aromatic rings. The van der Waals surface area contributed by atoms with Crippen molar-refractivity contribution in [2.45, 2.75) is 20.3 Å². The molecule has 14 heavy (non-hydrogen) atoms. The minimum Gasteiger partial charge on any atom is -0.330 e. The van der Waals surface area contributed by atoms with Gasteiger partial charge in [0, 0.05) is 17.5 Å². The highest BCUT2D eigenvalue weighted by Gasteiger charge is 2.05. The van der Waals surface area contributed by atoms with Crippen LogP contribution in [0.4, 0.5) is 0 Å². The van der Waals surface area contributed by atoms with Gasteiger partial charge in [0.2, 0.25) is 0 Å². The summed E-state index contributed by atoms with van der Waals surface area (Å²) in [6.07, 6.45) is 4.67. The maximum Gasteiger partial charge on any atom is 0.158 e. The molecule has 2 rings (SSSR count). The molecule has 0 unspecified atom stereocenters. The van der Waals surface area contributed by atoms with Gasteiger partial charge in [-0.2, -0.15) is 5.10 Å². The van der Waals surface area contributed by atoms with Gasteiger partial charge in [0.25, 0.3) is 0 Å². The largest absolute Gasteiger partial charge is 0.330 e. The lowest BCUT2D eigenvalue weighted by Gasteiger charge is -2.01. The van der Waals surface area contributed by atoms with Crippen molar-refractivity contribution in [1.29, 1.82) is 0 Å². The Balaban J connectivity index is 2.61. The molecular formula is C10H14N4. The van der Waals surface area contributed by atoms with Gasteiger partial charge in [-0.05, 0) is 32.4 Å². The Morgan fingerprint density at radius 1 is 1.43 bits per heavy atom. The third kappa shape index (κ3) is 1.37. The highest BCUT2D eigenvalue weighted by Crippen LogP contribution is 2.11. The van der Waals surface area contributed by atoms with Crippen molar-refractivity contribution in [3.63, 3.8) is 0 Å². The van der Waals surface area contributed by atoms with Crippen molar-refractivity contribution in [3.05, 3.63) is 29.2 Å². The molecule has 0 amide bonds. The lowest BCUT2D eigenvalue weighted by atomic mass is 10.2. The second-order valence-electron chi connectivity index (χ2n) is 3.49. The molecule has 0 aliphatic heterocycles. The van der Waals surface area contributed by atoms with Gasteiger partial charge < -0.3 is 5.73 Å². The van der Waals surface area contributed by atoms with Gasteiger partial charge in [-0.3, -0.25) is 0 Å². The molecule has 0 aliphatic carbocycles. The van der Waals surface area contributed by atoms with Gasteiger partial charge in [-0.25, -0.2) is 9.50 Å². The van der Waals surface area contributed by atoms with E-state index >= 15 is 0 Å². The van der Waals surface area contributed by atoms with Crippen molar-refractivity contribution in [1.82, 2.24) is 14.6 Å². The van der Waals surface area contributed by atoms with Gasteiger partial charge in [-0.1, -0.05) is 0 Å². The second-order valence-corrected chi connectivity index (χ2v) is 3.49. The van der Waals surface area contributed by atoms with Crippen molar-refractivity contribution in [3.8, 4) is 0 Å². The molecule has 0 bridgehead atoms. The average molecular weight is 190 g/mol. The first-order chi connectivity index (χ1) is 6.72. The van der Waals surface area contributed by atoms with Gasteiger partial charge in [0.05, 0.1) is 6.20 Å². The first kappa shape index (κ1) is 9.15. The lowest BCUT2D eigenvalue weighted by molar-refractivity contribution is 0.913. The predicted molar refractivity (Wildman–Crippen MR) is 55.2 cm³/mol. The summed E-state index contributed by atoms with van der Waals surface area (Å²) >= 11 is 0. The Morgan fingerprint density at radius 3 is 2.93 bits per heavy atom. The molecule has 4 heteroatoms. The van der Waals surface area contributed by atoms with E-state index in [0.717, 1.165) is 28.9 Å². The maximum atomic E-state index is 5.51. The van der Waals surface area contributed by atoms with E-state index in [1.165, 1.54) is 0 Å². The fourth-order valence-corrected chi connectivity index (χ4v) is 1.46. The van der Waals surface area contributed by atoms with Crippen LogP contribution >= 0.6 is 0 Å². The Bertz CT molecular complexity index is 458. The average Bonchev–Trinajstić information content (AvgIpc) is 2.51. The van der Waals surface area contributed by atoms with Crippen molar-refractivity contribution >= 4 is 5.65 Å². The number of hydrogen-bond donors (Lipinski definition) is 1. The number of aryl methyl sites for hydroxylation is 2. The third-order valence-corrected chi connectivity index (χ3v) is 2.42. The van der Waals surface area contributed by atoms with Crippen LogP contribution in [0, 0.1) is 13.8 Å². The molecule has 0 spiro atoms. The summed E-state index contributed by atoms with van der Waals surface area (Å²) in [5.74, 6) is 0. The SMILES string of the molecule is Cc1cn2ncc(CCN)c2nc1C. The molecular weight excluding hydrogens is 176 g/mol. The van der Waals surface area contributed by atoms with E-state index in [-0.39, 0.29) is 0 Å². The molecule has 0 saturated heterocycles. The van der Waals surface area contributed by atoms with Crippen LogP contribution in [0.3, 0.4) is 0 Å². The summed E-state index contributed by atoms with van der Waals surface area (Å²) in [7, 11) is 0.